The van der Waals surface area contributed by atoms with Crippen LogP contribution in [0.15, 0.2) is 182 Å². The van der Waals surface area contributed by atoms with Crippen LogP contribution in [-0.4, -0.2) is 9.13 Å². The van der Waals surface area contributed by atoms with Gasteiger partial charge in [0.15, 0.2) is 0 Å². The van der Waals surface area contributed by atoms with Crippen LogP contribution in [-0.2, 0) is 6.42 Å². The number of rotatable bonds is 4. The number of benzene rings is 8. The van der Waals surface area contributed by atoms with Gasteiger partial charge < -0.3 is 9.13 Å². The zero-order valence-electron chi connectivity index (χ0n) is 27.9. The first kappa shape index (κ1) is 28.2. The fourth-order valence-electron chi connectivity index (χ4n) is 8.54. The monoisotopic (exact) mass is 648 g/mol. The van der Waals surface area contributed by atoms with E-state index in [0.29, 0.717) is 0 Å². The molecule has 0 amide bonds. The van der Waals surface area contributed by atoms with Gasteiger partial charge in [-0.2, -0.15) is 0 Å². The standard InChI is InChI=1S/C49H32N2/c1-3-11-32(12-4-1)34-21-25-48-44(28-34)40-15-7-9-17-46(40)50(48)38-23-19-36-27-37-20-24-39(31-43(37)42(36)30-38)51-47-18-10-8-16-41(47)45-29-35(22-26-49(45)51)33-13-5-2-6-14-33/h1-26,28-31H,27H2. The smallest absolute Gasteiger partial charge is 0.0541 e. The van der Waals surface area contributed by atoms with Crippen LogP contribution in [0.25, 0.3) is 88.4 Å². The lowest BCUT2D eigenvalue weighted by Crippen LogP contribution is -1.96. The average Bonchev–Trinajstić information content (AvgIpc) is 3.85. The Labute approximate surface area is 296 Å². The van der Waals surface area contributed by atoms with E-state index in [0.717, 1.165) is 6.42 Å². The van der Waals surface area contributed by atoms with Crippen LogP contribution in [0.5, 0.6) is 0 Å². The molecule has 1 aliphatic carbocycles. The molecule has 0 atom stereocenters. The molecule has 8 aromatic carbocycles. The predicted octanol–water partition coefficient (Wildman–Crippen LogP) is 12.8. The Morgan fingerprint density at radius 2 is 0.706 bits per heavy atom. The van der Waals surface area contributed by atoms with Gasteiger partial charge in [0, 0.05) is 32.9 Å². The third-order valence-electron chi connectivity index (χ3n) is 10.9. The molecular weight excluding hydrogens is 617 g/mol. The minimum atomic E-state index is 0.951. The number of fused-ring (bicyclic) bond motifs is 9. The third-order valence-corrected chi connectivity index (χ3v) is 10.9. The topological polar surface area (TPSA) is 9.86 Å². The average molecular weight is 649 g/mol. The van der Waals surface area contributed by atoms with Gasteiger partial charge in [0.05, 0.1) is 22.1 Å². The SMILES string of the molecule is c1ccc(-c2ccc3c(c2)c2ccccc2n3-c2ccc3c(c2)-c2cc(-n4c5ccccc5c5cc(-c6ccccc6)ccc54)ccc2C3)cc1. The molecule has 0 bridgehead atoms. The lowest BCUT2D eigenvalue weighted by Gasteiger charge is -2.13. The van der Waals surface area contributed by atoms with Crippen molar-refractivity contribution in [2.75, 3.05) is 0 Å². The summed E-state index contributed by atoms with van der Waals surface area (Å²) in [6.07, 6.45) is 0.951. The molecule has 0 spiro atoms. The van der Waals surface area contributed by atoms with E-state index < -0.39 is 0 Å². The van der Waals surface area contributed by atoms with Crippen molar-refractivity contribution in [1.29, 1.82) is 0 Å². The highest BCUT2D eigenvalue weighted by Crippen LogP contribution is 2.43. The Balaban J connectivity index is 1.07. The molecule has 51 heavy (non-hydrogen) atoms. The molecule has 10 aromatic rings. The molecule has 0 unspecified atom stereocenters. The maximum absolute atomic E-state index is 2.44. The van der Waals surface area contributed by atoms with Gasteiger partial charge in [0.2, 0.25) is 0 Å². The first-order valence-corrected chi connectivity index (χ1v) is 17.7. The van der Waals surface area contributed by atoms with Crippen LogP contribution in [0.1, 0.15) is 11.1 Å². The molecule has 2 nitrogen and oxygen atoms in total. The fraction of sp³-hybridized carbons (Fsp3) is 0.0204. The Bertz CT molecular complexity index is 2780. The van der Waals surface area contributed by atoms with E-state index in [1.807, 2.05) is 0 Å². The van der Waals surface area contributed by atoms with Crippen molar-refractivity contribution in [2.45, 2.75) is 6.42 Å². The molecule has 0 saturated heterocycles. The van der Waals surface area contributed by atoms with Gasteiger partial charge in [-0.05, 0) is 112 Å². The third kappa shape index (κ3) is 4.30. The first-order valence-electron chi connectivity index (χ1n) is 17.7. The predicted molar refractivity (Wildman–Crippen MR) is 214 cm³/mol. The lowest BCUT2D eigenvalue weighted by molar-refractivity contribution is 1.17. The van der Waals surface area contributed by atoms with Gasteiger partial charge >= 0.3 is 0 Å². The van der Waals surface area contributed by atoms with Gasteiger partial charge in [-0.1, -0.05) is 121 Å². The molecule has 11 rings (SSSR count). The lowest BCUT2D eigenvalue weighted by atomic mass is 10.0. The van der Waals surface area contributed by atoms with Gasteiger partial charge in [-0.15, -0.1) is 0 Å². The number of para-hydroxylation sites is 2. The van der Waals surface area contributed by atoms with Gasteiger partial charge in [-0.25, -0.2) is 0 Å². The maximum atomic E-state index is 2.44. The van der Waals surface area contributed by atoms with Crippen molar-refractivity contribution >= 4 is 43.6 Å². The van der Waals surface area contributed by atoms with Crippen molar-refractivity contribution in [3.05, 3.63) is 193 Å². The molecule has 0 aliphatic heterocycles. The number of hydrogen-bond acceptors (Lipinski definition) is 0. The van der Waals surface area contributed by atoms with E-state index in [2.05, 4.69) is 191 Å². The summed E-state index contributed by atoms with van der Waals surface area (Å²) in [4.78, 5) is 0. The van der Waals surface area contributed by atoms with Crippen LogP contribution in [0.4, 0.5) is 0 Å². The Hall–Kier alpha value is -6.64. The van der Waals surface area contributed by atoms with E-state index in [-0.39, 0.29) is 0 Å². The van der Waals surface area contributed by atoms with Crippen molar-refractivity contribution < 1.29 is 0 Å². The minimum Gasteiger partial charge on any atom is -0.309 e. The maximum Gasteiger partial charge on any atom is 0.0541 e. The molecular formula is C49H32N2. The van der Waals surface area contributed by atoms with Crippen molar-refractivity contribution in [2.24, 2.45) is 0 Å². The summed E-state index contributed by atoms with van der Waals surface area (Å²) >= 11 is 0. The molecule has 0 N–H and O–H groups in total. The van der Waals surface area contributed by atoms with Gasteiger partial charge in [-0.3, -0.25) is 0 Å². The largest absolute Gasteiger partial charge is 0.309 e. The van der Waals surface area contributed by atoms with Crippen LogP contribution in [0.2, 0.25) is 0 Å². The van der Waals surface area contributed by atoms with Gasteiger partial charge in [0.1, 0.15) is 0 Å². The van der Waals surface area contributed by atoms with E-state index in [9.17, 15) is 0 Å². The van der Waals surface area contributed by atoms with E-state index in [1.54, 1.807) is 0 Å². The fourth-order valence-corrected chi connectivity index (χ4v) is 8.54. The second kappa shape index (κ2) is 10.9. The van der Waals surface area contributed by atoms with Gasteiger partial charge in [0.25, 0.3) is 0 Å². The second-order valence-corrected chi connectivity index (χ2v) is 13.8. The summed E-state index contributed by atoms with van der Waals surface area (Å²) in [6, 6.07) is 66.9. The number of nitrogens with zero attached hydrogens (tertiary/aromatic N) is 2. The molecule has 2 heteroatoms. The quantitative estimate of drug-likeness (QED) is 0.180. The van der Waals surface area contributed by atoms with Crippen molar-refractivity contribution in [3.8, 4) is 44.8 Å². The van der Waals surface area contributed by atoms with E-state index >= 15 is 0 Å². The highest BCUT2D eigenvalue weighted by atomic mass is 15.0. The van der Waals surface area contributed by atoms with Crippen molar-refractivity contribution in [3.63, 3.8) is 0 Å². The number of aromatic nitrogens is 2. The molecule has 2 aromatic heterocycles. The minimum absolute atomic E-state index is 0.951. The van der Waals surface area contributed by atoms with Crippen LogP contribution in [0, 0.1) is 0 Å². The number of hydrogen-bond donors (Lipinski definition) is 0. The zero-order chi connectivity index (χ0) is 33.5. The van der Waals surface area contributed by atoms with E-state index in [1.165, 1.54) is 99.5 Å². The molecule has 238 valence electrons. The first-order chi connectivity index (χ1) is 25.3. The Kier molecular flexibility index (Phi) is 6.05. The zero-order valence-corrected chi connectivity index (χ0v) is 27.9. The summed E-state index contributed by atoms with van der Waals surface area (Å²) in [5.74, 6) is 0. The highest BCUT2D eigenvalue weighted by molar-refractivity contribution is 6.11. The van der Waals surface area contributed by atoms with Crippen molar-refractivity contribution in [1.82, 2.24) is 9.13 Å². The molecule has 1 aliphatic rings. The highest BCUT2D eigenvalue weighted by Gasteiger charge is 2.22. The second-order valence-electron chi connectivity index (χ2n) is 13.8. The summed E-state index contributed by atoms with van der Waals surface area (Å²) < 4.78 is 4.89. The van der Waals surface area contributed by atoms with E-state index in [4.69, 9.17) is 0 Å². The molecule has 0 fully saturated rings. The van der Waals surface area contributed by atoms with Crippen LogP contribution in [0.3, 0.4) is 0 Å². The summed E-state index contributed by atoms with van der Waals surface area (Å²) in [7, 11) is 0. The Morgan fingerprint density at radius 1 is 0.294 bits per heavy atom. The summed E-state index contributed by atoms with van der Waals surface area (Å²) in [5.41, 5.74) is 17.6. The molecule has 2 heterocycles. The molecule has 0 radical (unpaired) electrons. The summed E-state index contributed by atoms with van der Waals surface area (Å²) in [6.45, 7) is 0. The van der Waals surface area contributed by atoms with Crippen LogP contribution >= 0.6 is 0 Å². The normalized spacial score (nSPS) is 12.2. The summed E-state index contributed by atoms with van der Waals surface area (Å²) in [5, 5.41) is 5.10. The molecule has 0 saturated carbocycles. The van der Waals surface area contributed by atoms with Crippen LogP contribution < -0.4 is 0 Å². The Morgan fingerprint density at radius 3 is 1.18 bits per heavy atom.